The summed E-state index contributed by atoms with van der Waals surface area (Å²) in [6.45, 7) is 1.80. The van der Waals surface area contributed by atoms with Crippen molar-refractivity contribution in [3.63, 3.8) is 0 Å². The molecule has 0 aromatic heterocycles. The first kappa shape index (κ1) is 11.1. The molecule has 14 heavy (non-hydrogen) atoms. The van der Waals surface area contributed by atoms with Crippen LogP contribution in [0.3, 0.4) is 0 Å². The molecule has 0 amide bonds. The van der Waals surface area contributed by atoms with Gasteiger partial charge in [-0.2, -0.15) is 0 Å². The molecule has 0 aromatic rings. The molecular formula is C6H12N2O3PS2+. The topological polar surface area (TPSA) is 59.6 Å². The number of nitrogens with one attached hydrogen (secondary N) is 2. The van der Waals surface area contributed by atoms with Gasteiger partial charge in [0.15, 0.2) is 0 Å². The molecular weight excluding hydrogens is 243 g/mol. The molecule has 2 atom stereocenters. The minimum absolute atomic E-state index is 0.176. The van der Waals surface area contributed by atoms with Gasteiger partial charge in [-0.05, 0) is 0 Å². The van der Waals surface area contributed by atoms with Gasteiger partial charge in [0.1, 0.15) is 0 Å². The fourth-order valence-corrected chi connectivity index (χ4v) is 3.91. The molecule has 2 N–H and O–H groups in total. The molecule has 0 radical (unpaired) electrons. The van der Waals surface area contributed by atoms with Crippen LogP contribution in [-0.4, -0.2) is 35.7 Å². The zero-order valence-electron chi connectivity index (χ0n) is 7.47. The van der Waals surface area contributed by atoms with Gasteiger partial charge in [-0.25, -0.2) is 0 Å². The van der Waals surface area contributed by atoms with Crippen LogP contribution in [0, 0.1) is 0 Å². The first-order valence-electron chi connectivity index (χ1n) is 4.35. The Labute approximate surface area is 92.0 Å². The van der Waals surface area contributed by atoms with Gasteiger partial charge in [0.2, 0.25) is 11.1 Å². The highest BCUT2D eigenvalue weighted by Crippen LogP contribution is 2.34. The molecule has 0 aliphatic carbocycles. The van der Waals surface area contributed by atoms with E-state index < -0.39 is 8.25 Å². The number of rotatable bonds is 4. The van der Waals surface area contributed by atoms with Crippen LogP contribution in [-0.2, 0) is 13.6 Å². The lowest BCUT2D eigenvalue weighted by atomic mass is 10.8. The van der Waals surface area contributed by atoms with E-state index in [-0.39, 0.29) is 11.1 Å². The average molecular weight is 255 g/mol. The van der Waals surface area contributed by atoms with Crippen LogP contribution in [0.25, 0.3) is 0 Å². The first-order valence-corrected chi connectivity index (χ1v) is 7.55. The fraction of sp³-hybridized carbons (Fsp3) is 1.00. The molecule has 2 aliphatic heterocycles. The van der Waals surface area contributed by atoms with Gasteiger partial charge in [0.25, 0.3) is 0 Å². The van der Waals surface area contributed by atoms with Gasteiger partial charge >= 0.3 is 8.25 Å². The lowest BCUT2D eigenvalue weighted by Crippen LogP contribution is -2.23. The Bertz CT molecular complexity index is 189. The van der Waals surface area contributed by atoms with Gasteiger partial charge in [-0.3, -0.25) is 10.6 Å². The number of hydrogen-bond acceptors (Lipinski definition) is 7. The Hall–Kier alpha value is 0.640. The molecule has 2 heterocycles. The highest BCUT2D eigenvalue weighted by atomic mass is 32.2. The second kappa shape index (κ2) is 5.65. The Balaban J connectivity index is 1.66. The third kappa shape index (κ3) is 3.34. The number of hydrogen-bond donors (Lipinski definition) is 2. The van der Waals surface area contributed by atoms with Crippen LogP contribution in [0.4, 0.5) is 0 Å². The van der Waals surface area contributed by atoms with Gasteiger partial charge in [0.05, 0.1) is 0 Å². The van der Waals surface area contributed by atoms with E-state index in [1.807, 2.05) is 0 Å². The van der Waals surface area contributed by atoms with Crippen LogP contribution < -0.4 is 10.6 Å². The summed E-state index contributed by atoms with van der Waals surface area (Å²) in [5, 5.41) is 6.12. The minimum atomic E-state index is -2.02. The highest BCUT2D eigenvalue weighted by molar-refractivity contribution is 8.00. The van der Waals surface area contributed by atoms with E-state index in [2.05, 4.69) is 10.6 Å². The number of thioether (sulfide) groups is 2. The molecule has 80 valence electrons. The second-order valence-corrected chi connectivity index (χ2v) is 5.96. The molecule has 0 bridgehead atoms. The fourth-order valence-electron chi connectivity index (χ4n) is 1.12. The maximum Gasteiger partial charge on any atom is 0.702 e. The van der Waals surface area contributed by atoms with Crippen molar-refractivity contribution in [2.24, 2.45) is 0 Å². The van der Waals surface area contributed by atoms with Crippen LogP contribution in [0.5, 0.6) is 0 Å². The summed E-state index contributed by atoms with van der Waals surface area (Å²) in [5.41, 5.74) is -0.352. The van der Waals surface area contributed by atoms with Crippen LogP contribution in [0.1, 0.15) is 0 Å². The van der Waals surface area contributed by atoms with Crippen molar-refractivity contribution in [1.29, 1.82) is 0 Å². The molecule has 2 fully saturated rings. The Morgan fingerprint density at radius 1 is 1.07 bits per heavy atom. The van der Waals surface area contributed by atoms with E-state index in [4.69, 9.17) is 9.05 Å². The zero-order chi connectivity index (χ0) is 9.80. The predicted molar refractivity (Wildman–Crippen MR) is 58.3 cm³/mol. The van der Waals surface area contributed by atoms with E-state index in [1.165, 1.54) is 0 Å². The van der Waals surface area contributed by atoms with Gasteiger partial charge in [0, 0.05) is 29.2 Å². The Kier molecular flexibility index (Phi) is 4.49. The van der Waals surface area contributed by atoms with Crippen molar-refractivity contribution in [3.8, 4) is 0 Å². The molecule has 2 saturated heterocycles. The average Bonchev–Trinajstić information content (AvgIpc) is 2.76. The third-order valence-electron chi connectivity index (χ3n) is 1.73. The van der Waals surface area contributed by atoms with Gasteiger partial charge in [-0.15, -0.1) is 23.5 Å². The Morgan fingerprint density at radius 3 is 1.93 bits per heavy atom. The summed E-state index contributed by atoms with van der Waals surface area (Å²) >= 11 is 3.21. The SMILES string of the molecule is O=[P+](OC1NCCS1)OC1NCCS1. The van der Waals surface area contributed by atoms with Crippen LogP contribution in [0.2, 0.25) is 0 Å². The minimum Gasteiger partial charge on any atom is -0.278 e. The molecule has 2 rings (SSSR count). The summed E-state index contributed by atoms with van der Waals surface area (Å²) in [6, 6.07) is 0. The molecule has 0 saturated carbocycles. The molecule has 0 spiro atoms. The summed E-state index contributed by atoms with van der Waals surface area (Å²) in [7, 11) is -2.02. The lowest BCUT2D eigenvalue weighted by molar-refractivity contribution is 0.180. The quantitative estimate of drug-likeness (QED) is 0.724. The van der Waals surface area contributed by atoms with Gasteiger partial charge < -0.3 is 0 Å². The molecule has 8 heteroatoms. The zero-order valence-corrected chi connectivity index (χ0v) is 10.00. The normalized spacial score (nSPS) is 33.6. The first-order chi connectivity index (χ1) is 6.84. The summed E-state index contributed by atoms with van der Waals surface area (Å²) < 4.78 is 21.7. The second-order valence-electron chi connectivity index (χ2n) is 2.75. The predicted octanol–water partition coefficient (Wildman–Crippen LogP) is 0.917. The lowest BCUT2D eigenvalue weighted by Gasteiger charge is -2.02. The molecule has 0 aromatic carbocycles. The summed E-state index contributed by atoms with van der Waals surface area (Å²) in [5.74, 6) is 1.98. The summed E-state index contributed by atoms with van der Waals surface area (Å²) in [6.07, 6.45) is 0. The smallest absolute Gasteiger partial charge is 0.278 e. The monoisotopic (exact) mass is 255 g/mol. The van der Waals surface area contributed by atoms with E-state index in [0.29, 0.717) is 0 Å². The maximum absolute atomic E-state index is 11.4. The molecule has 2 aliphatic rings. The van der Waals surface area contributed by atoms with Crippen LogP contribution in [0.15, 0.2) is 0 Å². The summed E-state index contributed by atoms with van der Waals surface area (Å²) in [4.78, 5) is 0. The Morgan fingerprint density at radius 2 is 1.57 bits per heavy atom. The third-order valence-corrected chi connectivity index (χ3v) is 4.79. The highest BCUT2D eigenvalue weighted by Gasteiger charge is 2.34. The van der Waals surface area contributed by atoms with Crippen molar-refractivity contribution >= 4 is 31.8 Å². The van der Waals surface area contributed by atoms with Crippen molar-refractivity contribution < 1.29 is 13.6 Å². The molecule has 2 unspecified atom stereocenters. The molecule has 5 nitrogen and oxygen atoms in total. The van der Waals surface area contributed by atoms with Crippen molar-refractivity contribution in [2.75, 3.05) is 24.6 Å². The van der Waals surface area contributed by atoms with Crippen molar-refractivity contribution in [3.05, 3.63) is 0 Å². The maximum atomic E-state index is 11.4. The van der Waals surface area contributed by atoms with E-state index in [0.717, 1.165) is 24.6 Å². The van der Waals surface area contributed by atoms with E-state index in [1.54, 1.807) is 23.5 Å². The standard InChI is InChI=1S/C6H12N2O3PS2/c9-12(10-5-7-1-3-13-5)11-6-8-2-4-14-6/h5-8H,1-4H2/q+1. The largest absolute Gasteiger partial charge is 0.702 e. The van der Waals surface area contributed by atoms with Crippen molar-refractivity contribution in [1.82, 2.24) is 10.6 Å². The van der Waals surface area contributed by atoms with Gasteiger partial charge in [-0.1, -0.05) is 9.05 Å². The van der Waals surface area contributed by atoms with Crippen molar-refractivity contribution in [2.45, 2.75) is 11.1 Å². The van der Waals surface area contributed by atoms with E-state index >= 15 is 0 Å². The van der Waals surface area contributed by atoms with Crippen LogP contribution >= 0.6 is 31.8 Å². The van der Waals surface area contributed by atoms with E-state index in [9.17, 15) is 4.57 Å².